The minimum atomic E-state index is 0.000686. The van der Waals surface area contributed by atoms with Crippen LogP contribution >= 0.6 is 11.3 Å². The summed E-state index contributed by atoms with van der Waals surface area (Å²) in [7, 11) is 1.69. The van der Waals surface area contributed by atoms with Crippen molar-refractivity contribution >= 4 is 23.0 Å². The van der Waals surface area contributed by atoms with E-state index in [4.69, 9.17) is 4.74 Å². The van der Waals surface area contributed by atoms with Gasteiger partial charge in [0.15, 0.2) is 5.78 Å². The fourth-order valence-electron chi connectivity index (χ4n) is 3.25. The molecule has 1 saturated heterocycles. The fraction of sp³-hybridized carbons (Fsp3) is 0.500. The molecule has 0 saturated carbocycles. The molecule has 0 spiro atoms. The number of ether oxygens (including phenoxy) is 1. The van der Waals surface area contributed by atoms with Crippen molar-refractivity contribution in [1.82, 2.24) is 14.5 Å². The standard InChI is InChI=1S/C18H23N3O3S/c1-13(22)16-10-15(12-25-16)18(23)21-6-3-4-14(11-21)17-19-5-7-20(17)8-9-24-2/h5,7,10,12,14H,3-4,6,8-9,11H2,1-2H3. The van der Waals surface area contributed by atoms with Gasteiger partial charge in [-0.2, -0.15) is 0 Å². The third kappa shape index (κ3) is 3.99. The van der Waals surface area contributed by atoms with Gasteiger partial charge in [0, 0.05) is 50.4 Å². The number of aromatic nitrogens is 2. The number of piperidine rings is 1. The van der Waals surface area contributed by atoms with Crippen molar-refractivity contribution in [3.63, 3.8) is 0 Å². The topological polar surface area (TPSA) is 64.4 Å². The summed E-state index contributed by atoms with van der Waals surface area (Å²) < 4.78 is 7.27. The number of amides is 1. The number of Topliss-reactive ketones (excluding diaryl/α,β-unsaturated/α-hetero) is 1. The van der Waals surface area contributed by atoms with Crippen LogP contribution in [0.3, 0.4) is 0 Å². The maximum atomic E-state index is 12.8. The molecule has 134 valence electrons. The summed E-state index contributed by atoms with van der Waals surface area (Å²) in [5.74, 6) is 1.25. The van der Waals surface area contributed by atoms with Crippen LogP contribution in [0.25, 0.3) is 0 Å². The van der Waals surface area contributed by atoms with Crippen LogP contribution in [0.1, 0.15) is 51.5 Å². The zero-order chi connectivity index (χ0) is 17.8. The lowest BCUT2D eigenvalue weighted by atomic mass is 9.96. The molecule has 0 aromatic carbocycles. The molecule has 0 N–H and O–H groups in total. The first kappa shape index (κ1) is 17.8. The van der Waals surface area contributed by atoms with Crippen molar-refractivity contribution in [2.24, 2.45) is 0 Å². The second-order valence-electron chi connectivity index (χ2n) is 6.32. The smallest absolute Gasteiger partial charge is 0.254 e. The minimum Gasteiger partial charge on any atom is -0.383 e. The highest BCUT2D eigenvalue weighted by Gasteiger charge is 2.28. The SMILES string of the molecule is COCCn1ccnc1C1CCCN(C(=O)c2csc(C(C)=O)c2)C1. The van der Waals surface area contributed by atoms with E-state index in [-0.39, 0.29) is 17.6 Å². The van der Waals surface area contributed by atoms with Crippen LogP contribution < -0.4 is 0 Å². The Morgan fingerprint density at radius 3 is 3.00 bits per heavy atom. The summed E-state index contributed by atoms with van der Waals surface area (Å²) in [6, 6.07) is 1.71. The predicted molar refractivity (Wildman–Crippen MR) is 96.3 cm³/mol. The van der Waals surface area contributed by atoms with E-state index in [1.807, 2.05) is 17.3 Å². The Balaban J connectivity index is 1.71. The fourth-order valence-corrected chi connectivity index (χ4v) is 4.03. The maximum Gasteiger partial charge on any atom is 0.254 e. The molecular weight excluding hydrogens is 338 g/mol. The van der Waals surface area contributed by atoms with E-state index in [2.05, 4.69) is 9.55 Å². The van der Waals surface area contributed by atoms with Crippen molar-refractivity contribution in [2.75, 3.05) is 26.8 Å². The average molecular weight is 361 g/mol. The number of ketones is 1. The van der Waals surface area contributed by atoms with Crippen LogP contribution in [-0.4, -0.2) is 52.9 Å². The number of thiophene rings is 1. The second kappa shape index (κ2) is 7.93. The van der Waals surface area contributed by atoms with Crippen LogP contribution in [0.15, 0.2) is 23.8 Å². The molecule has 7 heteroatoms. The van der Waals surface area contributed by atoms with Crippen LogP contribution in [0.4, 0.5) is 0 Å². The molecule has 0 radical (unpaired) electrons. The van der Waals surface area contributed by atoms with Crippen molar-refractivity contribution < 1.29 is 14.3 Å². The molecule has 3 rings (SSSR count). The molecule has 0 aliphatic carbocycles. The lowest BCUT2D eigenvalue weighted by Gasteiger charge is -2.32. The molecule has 0 bridgehead atoms. The van der Waals surface area contributed by atoms with E-state index in [1.165, 1.54) is 18.3 Å². The first-order chi connectivity index (χ1) is 12.1. The Kier molecular flexibility index (Phi) is 5.65. The molecular formula is C18H23N3O3S. The van der Waals surface area contributed by atoms with Gasteiger partial charge < -0.3 is 14.2 Å². The summed E-state index contributed by atoms with van der Waals surface area (Å²) in [5, 5.41) is 1.78. The third-order valence-electron chi connectivity index (χ3n) is 4.55. The molecule has 6 nitrogen and oxygen atoms in total. The summed E-state index contributed by atoms with van der Waals surface area (Å²) >= 11 is 1.33. The van der Waals surface area contributed by atoms with Crippen molar-refractivity contribution in [1.29, 1.82) is 0 Å². The largest absolute Gasteiger partial charge is 0.383 e. The molecule has 1 amide bonds. The molecule has 1 fully saturated rings. The number of likely N-dealkylation sites (tertiary alicyclic amines) is 1. The van der Waals surface area contributed by atoms with Gasteiger partial charge in [-0.1, -0.05) is 0 Å². The van der Waals surface area contributed by atoms with Gasteiger partial charge >= 0.3 is 0 Å². The molecule has 1 aliphatic heterocycles. The molecule has 2 aromatic rings. The van der Waals surface area contributed by atoms with Gasteiger partial charge in [0.1, 0.15) is 5.82 Å². The van der Waals surface area contributed by atoms with E-state index in [1.54, 1.807) is 18.6 Å². The Morgan fingerprint density at radius 1 is 1.44 bits per heavy atom. The Bertz CT molecular complexity index is 752. The van der Waals surface area contributed by atoms with Gasteiger partial charge in [-0.3, -0.25) is 9.59 Å². The Morgan fingerprint density at radius 2 is 2.28 bits per heavy atom. The van der Waals surface area contributed by atoms with Gasteiger partial charge in [0.25, 0.3) is 5.91 Å². The first-order valence-electron chi connectivity index (χ1n) is 8.49. The van der Waals surface area contributed by atoms with E-state index in [9.17, 15) is 9.59 Å². The van der Waals surface area contributed by atoms with Crippen LogP contribution in [0.5, 0.6) is 0 Å². The summed E-state index contributed by atoms with van der Waals surface area (Å²) in [4.78, 5) is 31.3. The summed E-state index contributed by atoms with van der Waals surface area (Å²) in [6.45, 7) is 4.34. The van der Waals surface area contributed by atoms with Gasteiger partial charge in [-0.25, -0.2) is 4.98 Å². The lowest BCUT2D eigenvalue weighted by molar-refractivity contribution is 0.0703. The van der Waals surface area contributed by atoms with Crippen LogP contribution in [-0.2, 0) is 11.3 Å². The molecule has 1 atom stereocenters. The van der Waals surface area contributed by atoms with Gasteiger partial charge in [-0.05, 0) is 25.8 Å². The monoisotopic (exact) mass is 361 g/mol. The first-order valence-corrected chi connectivity index (χ1v) is 9.37. The number of carbonyl (C=O) groups excluding carboxylic acids is 2. The number of imidazole rings is 1. The number of methoxy groups -OCH3 is 1. The Labute approximate surface area is 151 Å². The van der Waals surface area contributed by atoms with E-state index in [0.717, 1.165) is 31.8 Å². The summed E-state index contributed by atoms with van der Waals surface area (Å²) in [6.07, 6.45) is 5.75. The number of nitrogens with zero attached hydrogens (tertiary/aromatic N) is 3. The number of hydrogen-bond acceptors (Lipinski definition) is 5. The van der Waals surface area contributed by atoms with Gasteiger partial charge in [0.05, 0.1) is 17.0 Å². The highest BCUT2D eigenvalue weighted by Crippen LogP contribution is 2.27. The van der Waals surface area contributed by atoms with Crippen molar-refractivity contribution in [3.8, 4) is 0 Å². The van der Waals surface area contributed by atoms with Crippen molar-refractivity contribution in [2.45, 2.75) is 32.2 Å². The van der Waals surface area contributed by atoms with E-state index >= 15 is 0 Å². The minimum absolute atomic E-state index is 0.000686. The molecule has 1 aliphatic rings. The van der Waals surface area contributed by atoms with E-state index in [0.29, 0.717) is 23.6 Å². The number of carbonyl (C=O) groups is 2. The number of rotatable bonds is 6. The molecule has 2 aromatic heterocycles. The Hall–Kier alpha value is -1.99. The molecule has 1 unspecified atom stereocenters. The normalized spacial score (nSPS) is 17.7. The number of hydrogen-bond donors (Lipinski definition) is 0. The summed E-state index contributed by atoms with van der Waals surface area (Å²) in [5.41, 5.74) is 0.610. The molecule has 25 heavy (non-hydrogen) atoms. The van der Waals surface area contributed by atoms with Gasteiger partial charge in [-0.15, -0.1) is 11.3 Å². The average Bonchev–Trinajstić information content (AvgIpc) is 3.28. The quantitative estimate of drug-likeness (QED) is 0.742. The zero-order valence-electron chi connectivity index (χ0n) is 14.6. The highest BCUT2D eigenvalue weighted by molar-refractivity contribution is 7.12. The van der Waals surface area contributed by atoms with Crippen LogP contribution in [0, 0.1) is 0 Å². The zero-order valence-corrected chi connectivity index (χ0v) is 15.4. The van der Waals surface area contributed by atoms with E-state index < -0.39 is 0 Å². The highest BCUT2D eigenvalue weighted by atomic mass is 32.1. The predicted octanol–water partition coefficient (Wildman–Crippen LogP) is 2.81. The lowest BCUT2D eigenvalue weighted by Crippen LogP contribution is -2.39. The molecule has 3 heterocycles. The van der Waals surface area contributed by atoms with Gasteiger partial charge in [0.2, 0.25) is 0 Å². The van der Waals surface area contributed by atoms with Crippen LogP contribution in [0.2, 0.25) is 0 Å². The third-order valence-corrected chi connectivity index (χ3v) is 5.58. The second-order valence-corrected chi connectivity index (χ2v) is 7.23. The maximum absolute atomic E-state index is 12.8. The van der Waals surface area contributed by atoms with Crippen molar-refractivity contribution in [3.05, 3.63) is 40.1 Å².